The number of rotatable bonds is 3. The van der Waals surface area contributed by atoms with E-state index in [1.54, 1.807) is 0 Å². The molecule has 0 atom stereocenters. The number of nitrogens with zero attached hydrogens (tertiary/aromatic N) is 2. The zero-order chi connectivity index (χ0) is 26.9. The molecule has 4 nitrogen and oxygen atoms in total. The molecule has 0 radical (unpaired) electrons. The number of para-hydroxylation sites is 2. The normalized spacial score (nSPS) is 11.9. The Morgan fingerprint density at radius 2 is 1.10 bits per heavy atom. The lowest BCUT2D eigenvalue weighted by molar-refractivity contribution is 0.633. The Bertz CT molecular complexity index is 2410. The number of hydrogen-bond donors (Lipinski definition) is 0. The van der Waals surface area contributed by atoms with Gasteiger partial charge in [-0.15, -0.1) is 0 Å². The first-order valence-corrected chi connectivity index (χ1v) is 13.7. The highest BCUT2D eigenvalue weighted by molar-refractivity contribution is 6.19. The van der Waals surface area contributed by atoms with Crippen LogP contribution in [-0.4, -0.2) is 9.55 Å². The van der Waals surface area contributed by atoms with E-state index in [9.17, 15) is 0 Å². The van der Waals surface area contributed by atoms with Gasteiger partial charge in [0.15, 0.2) is 11.2 Å². The van der Waals surface area contributed by atoms with Crippen molar-refractivity contribution in [1.82, 2.24) is 9.55 Å². The van der Waals surface area contributed by atoms with E-state index in [1.165, 1.54) is 0 Å². The molecule has 3 heterocycles. The fourth-order valence-electron chi connectivity index (χ4n) is 6.08. The molecular weight excluding hydrogens is 504 g/mol. The van der Waals surface area contributed by atoms with E-state index in [0.717, 1.165) is 83.1 Å². The highest BCUT2D eigenvalue weighted by Crippen LogP contribution is 2.40. The lowest BCUT2D eigenvalue weighted by atomic mass is 10.0. The molecule has 6 aromatic carbocycles. The number of imidazole rings is 1. The van der Waals surface area contributed by atoms with Crippen LogP contribution in [0.2, 0.25) is 0 Å². The lowest BCUT2D eigenvalue weighted by Crippen LogP contribution is -1.97. The van der Waals surface area contributed by atoms with E-state index in [1.807, 2.05) is 30.3 Å². The molecule has 0 aliphatic carbocycles. The molecule has 0 amide bonds. The molecule has 4 heteroatoms. The van der Waals surface area contributed by atoms with E-state index < -0.39 is 0 Å². The Labute approximate surface area is 234 Å². The predicted molar refractivity (Wildman–Crippen MR) is 166 cm³/mol. The quantitative estimate of drug-likeness (QED) is 0.230. The van der Waals surface area contributed by atoms with Crippen molar-refractivity contribution >= 4 is 54.9 Å². The van der Waals surface area contributed by atoms with Crippen LogP contribution in [-0.2, 0) is 0 Å². The summed E-state index contributed by atoms with van der Waals surface area (Å²) in [5, 5.41) is 4.29. The zero-order valence-corrected chi connectivity index (χ0v) is 21.9. The predicted octanol–water partition coefficient (Wildman–Crippen LogP) is 10.2. The first-order valence-electron chi connectivity index (χ1n) is 13.7. The van der Waals surface area contributed by atoms with Gasteiger partial charge >= 0.3 is 0 Å². The largest absolute Gasteiger partial charge is 0.452 e. The Morgan fingerprint density at radius 3 is 1.90 bits per heavy atom. The van der Waals surface area contributed by atoms with Crippen LogP contribution in [0.25, 0.3) is 83.1 Å². The zero-order valence-electron chi connectivity index (χ0n) is 21.9. The summed E-state index contributed by atoms with van der Waals surface area (Å²) in [7, 11) is 0. The van der Waals surface area contributed by atoms with Crippen LogP contribution >= 0.6 is 0 Å². The maximum atomic E-state index is 6.36. The fraction of sp³-hybridized carbons (Fsp3) is 0. The molecule has 0 bridgehead atoms. The first kappa shape index (κ1) is 22.2. The van der Waals surface area contributed by atoms with E-state index in [-0.39, 0.29) is 0 Å². The Balaban J connectivity index is 1.22. The molecule has 0 fully saturated rings. The number of fused-ring (bicyclic) bond motifs is 8. The standard InChI is InChI=1S/C37H22N2O2/c1-3-9-23(10-4-1)37-38-31-22-25(15-19-32(31)39(37)26-11-5-2-6-12-26)24-16-20-34-30(21-24)29-18-17-28-27-13-7-8-14-33(27)40-35(28)36(29)41-34/h1-22H. The molecule has 0 saturated carbocycles. The van der Waals surface area contributed by atoms with Gasteiger partial charge in [-0.25, -0.2) is 4.98 Å². The minimum atomic E-state index is 0.787. The summed E-state index contributed by atoms with van der Waals surface area (Å²) in [5.74, 6) is 0.926. The van der Waals surface area contributed by atoms with Gasteiger partial charge in [0.25, 0.3) is 0 Å². The van der Waals surface area contributed by atoms with Crippen molar-refractivity contribution in [3.05, 3.63) is 133 Å². The first-order chi connectivity index (χ1) is 20.3. The second-order valence-electron chi connectivity index (χ2n) is 10.4. The van der Waals surface area contributed by atoms with Gasteiger partial charge < -0.3 is 8.83 Å². The highest BCUT2D eigenvalue weighted by Gasteiger charge is 2.18. The van der Waals surface area contributed by atoms with Gasteiger partial charge in [0.05, 0.1) is 11.0 Å². The van der Waals surface area contributed by atoms with Crippen molar-refractivity contribution in [1.29, 1.82) is 0 Å². The molecule has 3 aromatic heterocycles. The van der Waals surface area contributed by atoms with Crippen LogP contribution in [0.5, 0.6) is 0 Å². The van der Waals surface area contributed by atoms with E-state index >= 15 is 0 Å². The summed E-state index contributed by atoms with van der Waals surface area (Å²) >= 11 is 0. The van der Waals surface area contributed by atoms with Crippen molar-refractivity contribution in [3.63, 3.8) is 0 Å². The van der Waals surface area contributed by atoms with Crippen LogP contribution in [0.15, 0.2) is 142 Å². The number of furan rings is 2. The number of hydrogen-bond acceptors (Lipinski definition) is 3. The highest BCUT2D eigenvalue weighted by atomic mass is 16.4. The van der Waals surface area contributed by atoms with Gasteiger partial charge in [-0.3, -0.25) is 4.57 Å². The maximum Gasteiger partial charge on any atom is 0.178 e. The average Bonchev–Trinajstić information content (AvgIpc) is 3.72. The molecule has 0 unspecified atom stereocenters. The van der Waals surface area contributed by atoms with Crippen LogP contribution in [0, 0.1) is 0 Å². The van der Waals surface area contributed by atoms with Crippen molar-refractivity contribution in [3.8, 4) is 28.2 Å². The SMILES string of the molecule is c1ccc(-c2nc3cc(-c4ccc5oc6c(ccc7c8ccccc8oc76)c5c4)ccc3n2-c2ccccc2)cc1. The Morgan fingerprint density at radius 1 is 0.463 bits per heavy atom. The summed E-state index contributed by atoms with van der Waals surface area (Å²) < 4.78 is 14.8. The molecule has 0 spiro atoms. The van der Waals surface area contributed by atoms with Gasteiger partial charge in [0.1, 0.15) is 17.0 Å². The molecule has 9 aromatic rings. The molecule has 9 rings (SSSR count). The van der Waals surface area contributed by atoms with Crippen molar-refractivity contribution < 1.29 is 8.83 Å². The second kappa shape index (κ2) is 8.44. The van der Waals surface area contributed by atoms with Crippen LogP contribution < -0.4 is 0 Å². The third kappa shape index (κ3) is 3.31. The topological polar surface area (TPSA) is 44.1 Å². The van der Waals surface area contributed by atoms with Gasteiger partial charge in [-0.2, -0.15) is 0 Å². The van der Waals surface area contributed by atoms with Crippen molar-refractivity contribution in [2.75, 3.05) is 0 Å². The molecule has 0 aliphatic heterocycles. The minimum Gasteiger partial charge on any atom is -0.452 e. The van der Waals surface area contributed by atoms with Crippen molar-refractivity contribution in [2.45, 2.75) is 0 Å². The molecule has 0 saturated heterocycles. The summed E-state index contributed by atoms with van der Waals surface area (Å²) in [5.41, 5.74) is 9.71. The molecule has 0 N–H and O–H groups in total. The monoisotopic (exact) mass is 526 g/mol. The van der Waals surface area contributed by atoms with Crippen molar-refractivity contribution in [2.24, 2.45) is 0 Å². The minimum absolute atomic E-state index is 0.787. The van der Waals surface area contributed by atoms with E-state index in [4.69, 9.17) is 13.8 Å². The lowest BCUT2D eigenvalue weighted by Gasteiger charge is -2.09. The summed E-state index contributed by atoms with van der Waals surface area (Å²) in [6.07, 6.45) is 0. The fourth-order valence-corrected chi connectivity index (χ4v) is 6.08. The van der Waals surface area contributed by atoms with Crippen LogP contribution in [0.1, 0.15) is 0 Å². The third-order valence-electron chi connectivity index (χ3n) is 8.02. The van der Waals surface area contributed by atoms with E-state index in [0.29, 0.717) is 0 Å². The summed E-state index contributed by atoms with van der Waals surface area (Å²) in [6.45, 7) is 0. The molecule has 192 valence electrons. The number of benzene rings is 6. The Hall–Kier alpha value is -5.61. The maximum absolute atomic E-state index is 6.36. The smallest absolute Gasteiger partial charge is 0.178 e. The van der Waals surface area contributed by atoms with Gasteiger partial charge in [-0.1, -0.05) is 78.9 Å². The van der Waals surface area contributed by atoms with Crippen LogP contribution in [0.3, 0.4) is 0 Å². The Kier molecular flexibility index (Phi) is 4.58. The number of aromatic nitrogens is 2. The summed E-state index contributed by atoms with van der Waals surface area (Å²) in [6, 6.07) is 46.1. The van der Waals surface area contributed by atoms with E-state index in [2.05, 4.69) is 108 Å². The summed E-state index contributed by atoms with van der Waals surface area (Å²) in [4.78, 5) is 5.13. The average molecular weight is 527 g/mol. The molecule has 0 aliphatic rings. The second-order valence-corrected chi connectivity index (χ2v) is 10.4. The van der Waals surface area contributed by atoms with Gasteiger partial charge in [-0.05, 0) is 65.7 Å². The molecular formula is C37H22N2O2. The van der Waals surface area contributed by atoms with Gasteiger partial charge in [0.2, 0.25) is 0 Å². The van der Waals surface area contributed by atoms with Gasteiger partial charge in [0, 0.05) is 32.8 Å². The third-order valence-corrected chi connectivity index (χ3v) is 8.02. The van der Waals surface area contributed by atoms with Crippen LogP contribution in [0.4, 0.5) is 0 Å². The molecule has 41 heavy (non-hydrogen) atoms.